The number of halogens is 5. The predicted molar refractivity (Wildman–Crippen MR) is 67.3 cm³/mol. The van der Waals surface area contributed by atoms with Gasteiger partial charge in [0.05, 0.1) is 5.57 Å². The molecule has 7 heteroatoms. The molecule has 1 radical (unpaired) electrons. The van der Waals surface area contributed by atoms with E-state index in [0.29, 0.717) is 15.6 Å². The van der Waals surface area contributed by atoms with Gasteiger partial charge in [0.2, 0.25) is 0 Å². The number of benzene rings is 1. The number of aryl methyl sites for hydroxylation is 1. The van der Waals surface area contributed by atoms with Crippen LogP contribution < -0.4 is 5.43 Å². The topological polar surface area (TPSA) is 26.5 Å². The Labute approximate surface area is 115 Å². The first-order valence-corrected chi connectivity index (χ1v) is 6.00. The highest BCUT2D eigenvalue weighted by Crippen LogP contribution is 2.38. The maximum atomic E-state index is 12.8. The molecule has 1 aliphatic heterocycles. The standard InChI is InChI=1S/C11H6BrClF3N2/c1-5-2-3-6(12)4-7(5)8-9(11(14,15)16)17-18-10(8)13/h2-4H,1H3. The first kappa shape index (κ1) is 13.4. The highest BCUT2D eigenvalue weighted by molar-refractivity contribution is 9.10. The highest BCUT2D eigenvalue weighted by Gasteiger charge is 2.42. The van der Waals surface area contributed by atoms with Gasteiger partial charge < -0.3 is 0 Å². The van der Waals surface area contributed by atoms with E-state index in [1.165, 1.54) is 0 Å². The molecule has 1 heterocycles. The number of hydrogen-bond donors (Lipinski definition) is 0. The Morgan fingerprint density at radius 1 is 1.28 bits per heavy atom. The molecule has 2 rings (SSSR count). The fourth-order valence-corrected chi connectivity index (χ4v) is 2.18. The van der Waals surface area contributed by atoms with E-state index in [-0.39, 0.29) is 10.7 Å². The Morgan fingerprint density at radius 3 is 2.56 bits per heavy atom. The van der Waals surface area contributed by atoms with Crippen molar-refractivity contribution < 1.29 is 13.2 Å². The molecule has 1 aromatic carbocycles. The minimum absolute atomic E-state index is 0.178. The lowest BCUT2D eigenvalue weighted by atomic mass is 10.00. The van der Waals surface area contributed by atoms with Crippen molar-refractivity contribution in [2.24, 2.45) is 5.10 Å². The third-order valence-electron chi connectivity index (χ3n) is 2.42. The van der Waals surface area contributed by atoms with Crippen LogP contribution in [0.1, 0.15) is 11.1 Å². The summed E-state index contributed by atoms with van der Waals surface area (Å²) in [5, 5.41) is 3.06. The molecule has 1 aromatic rings. The van der Waals surface area contributed by atoms with E-state index in [0.717, 1.165) is 0 Å². The van der Waals surface area contributed by atoms with Crippen molar-refractivity contribution in [1.29, 1.82) is 0 Å². The van der Waals surface area contributed by atoms with Gasteiger partial charge in [0, 0.05) is 4.47 Å². The zero-order valence-electron chi connectivity index (χ0n) is 9.02. The summed E-state index contributed by atoms with van der Waals surface area (Å²) in [5.41, 5.74) is 2.91. The van der Waals surface area contributed by atoms with Crippen LogP contribution in [0, 0.1) is 6.92 Å². The summed E-state index contributed by atoms with van der Waals surface area (Å²) in [5.74, 6) is 0. The van der Waals surface area contributed by atoms with Gasteiger partial charge in [-0.1, -0.05) is 33.6 Å². The molecule has 0 fully saturated rings. The molecule has 0 atom stereocenters. The van der Waals surface area contributed by atoms with E-state index >= 15 is 0 Å². The van der Waals surface area contributed by atoms with Crippen molar-refractivity contribution in [2.75, 3.05) is 0 Å². The Bertz CT molecular complexity index is 564. The van der Waals surface area contributed by atoms with Crippen molar-refractivity contribution >= 4 is 38.3 Å². The molecule has 18 heavy (non-hydrogen) atoms. The molecule has 0 N–H and O–H groups in total. The first-order chi connectivity index (χ1) is 8.30. The SMILES string of the molecule is Cc1ccc(Br)cc1C1=C(C(F)(F)F)[N]N=C1Cl. The molecule has 2 nitrogen and oxygen atoms in total. The van der Waals surface area contributed by atoms with Gasteiger partial charge in [-0.3, -0.25) is 0 Å². The second kappa shape index (κ2) is 4.59. The van der Waals surface area contributed by atoms with Gasteiger partial charge >= 0.3 is 6.18 Å². The Balaban J connectivity index is 2.66. The Kier molecular flexibility index (Phi) is 3.42. The summed E-state index contributed by atoms with van der Waals surface area (Å²) >= 11 is 8.94. The number of hydrogen-bond acceptors (Lipinski definition) is 1. The smallest absolute Gasteiger partial charge is 0.164 e. The zero-order chi connectivity index (χ0) is 13.5. The van der Waals surface area contributed by atoms with Crippen LogP contribution in [0.2, 0.25) is 0 Å². The molecule has 0 spiro atoms. The predicted octanol–water partition coefficient (Wildman–Crippen LogP) is 4.20. The molecule has 0 amide bonds. The van der Waals surface area contributed by atoms with E-state index in [1.54, 1.807) is 25.1 Å². The molecule has 0 saturated heterocycles. The van der Waals surface area contributed by atoms with E-state index < -0.39 is 11.9 Å². The normalized spacial score (nSPS) is 15.8. The molecule has 1 aliphatic rings. The van der Waals surface area contributed by atoms with E-state index in [4.69, 9.17) is 11.6 Å². The van der Waals surface area contributed by atoms with E-state index in [2.05, 4.69) is 26.5 Å². The molecular weight excluding hydrogens is 332 g/mol. The van der Waals surface area contributed by atoms with Crippen LogP contribution in [0.4, 0.5) is 13.2 Å². The fourth-order valence-electron chi connectivity index (χ4n) is 1.59. The van der Waals surface area contributed by atoms with Gasteiger partial charge in [0.15, 0.2) is 10.9 Å². The van der Waals surface area contributed by atoms with Crippen molar-refractivity contribution in [1.82, 2.24) is 5.43 Å². The zero-order valence-corrected chi connectivity index (χ0v) is 11.4. The van der Waals surface area contributed by atoms with Gasteiger partial charge in [0.1, 0.15) is 0 Å². The third-order valence-corrected chi connectivity index (χ3v) is 3.18. The van der Waals surface area contributed by atoms with Crippen LogP contribution >= 0.6 is 27.5 Å². The number of allylic oxidation sites excluding steroid dienone is 2. The van der Waals surface area contributed by atoms with Crippen LogP contribution in [-0.4, -0.2) is 11.3 Å². The summed E-state index contributed by atoms with van der Waals surface area (Å²) in [6.07, 6.45) is -4.58. The summed E-state index contributed by atoms with van der Waals surface area (Å²) in [6.45, 7) is 1.70. The second-order valence-corrected chi connectivity index (χ2v) is 4.95. The molecule has 95 valence electrons. The molecular formula is C11H6BrClF3N2. The minimum Gasteiger partial charge on any atom is -0.164 e. The minimum atomic E-state index is -4.58. The average Bonchev–Trinajstić information content (AvgIpc) is 2.63. The van der Waals surface area contributed by atoms with Gasteiger partial charge in [0.25, 0.3) is 0 Å². The largest absolute Gasteiger partial charge is 0.435 e. The van der Waals surface area contributed by atoms with Crippen molar-refractivity contribution in [2.45, 2.75) is 13.1 Å². The Morgan fingerprint density at radius 2 is 1.94 bits per heavy atom. The molecule has 0 aliphatic carbocycles. The molecule has 0 aromatic heterocycles. The molecule has 0 unspecified atom stereocenters. The van der Waals surface area contributed by atoms with Crippen LogP contribution in [0.25, 0.3) is 5.57 Å². The lowest BCUT2D eigenvalue weighted by Crippen LogP contribution is -2.17. The van der Waals surface area contributed by atoms with Crippen LogP contribution in [-0.2, 0) is 0 Å². The molecule has 0 bridgehead atoms. The maximum Gasteiger partial charge on any atom is 0.435 e. The maximum absolute atomic E-state index is 12.8. The first-order valence-electron chi connectivity index (χ1n) is 4.83. The van der Waals surface area contributed by atoms with Crippen molar-refractivity contribution in [3.8, 4) is 0 Å². The van der Waals surface area contributed by atoms with Gasteiger partial charge in [-0.15, -0.1) is 10.5 Å². The van der Waals surface area contributed by atoms with Gasteiger partial charge in [-0.05, 0) is 30.2 Å². The van der Waals surface area contributed by atoms with Crippen molar-refractivity contribution in [3.63, 3.8) is 0 Å². The number of nitrogens with zero attached hydrogens (tertiary/aromatic N) is 2. The fraction of sp³-hybridized carbons (Fsp3) is 0.182. The highest BCUT2D eigenvalue weighted by atomic mass is 79.9. The Hall–Kier alpha value is -1.01. The quantitative estimate of drug-likeness (QED) is 0.734. The summed E-state index contributed by atoms with van der Waals surface area (Å²) < 4.78 is 39.1. The van der Waals surface area contributed by atoms with E-state index in [1.807, 2.05) is 0 Å². The summed E-state index contributed by atoms with van der Waals surface area (Å²) in [7, 11) is 0. The third kappa shape index (κ3) is 2.40. The van der Waals surface area contributed by atoms with Gasteiger partial charge in [-0.25, -0.2) is 0 Å². The van der Waals surface area contributed by atoms with Crippen LogP contribution in [0.3, 0.4) is 0 Å². The lowest BCUT2D eigenvalue weighted by Gasteiger charge is -2.11. The number of alkyl halides is 3. The lowest BCUT2D eigenvalue weighted by molar-refractivity contribution is -0.0958. The molecule has 0 saturated carbocycles. The second-order valence-electron chi connectivity index (χ2n) is 3.67. The monoisotopic (exact) mass is 337 g/mol. The summed E-state index contributed by atoms with van der Waals surface area (Å²) in [4.78, 5) is 0. The van der Waals surface area contributed by atoms with Crippen LogP contribution in [0.5, 0.6) is 0 Å². The number of rotatable bonds is 1. The van der Waals surface area contributed by atoms with Crippen molar-refractivity contribution in [3.05, 3.63) is 39.5 Å². The summed E-state index contributed by atoms with van der Waals surface area (Å²) in [6, 6.07) is 5.00. The van der Waals surface area contributed by atoms with Gasteiger partial charge in [-0.2, -0.15) is 13.2 Å². The van der Waals surface area contributed by atoms with Crippen LogP contribution in [0.15, 0.2) is 33.5 Å². The average molecular weight is 339 g/mol. The van der Waals surface area contributed by atoms with E-state index in [9.17, 15) is 13.2 Å².